The van der Waals surface area contributed by atoms with Crippen molar-refractivity contribution < 1.29 is 14.7 Å². The number of fused-ring (bicyclic) bond motifs is 1. The molecule has 1 fully saturated rings. The van der Waals surface area contributed by atoms with Crippen molar-refractivity contribution in [2.45, 2.75) is 18.9 Å². The van der Waals surface area contributed by atoms with Crippen molar-refractivity contribution in [2.75, 3.05) is 36.7 Å². The summed E-state index contributed by atoms with van der Waals surface area (Å²) in [6.45, 7) is 3.30. The second-order valence-electron chi connectivity index (χ2n) is 4.68. The zero-order valence-electron chi connectivity index (χ0n) is 10.3. The van der Waals surface area contributed by atoms with Crippen LogP contribution in [0.3, 0.4) is 0 Å². The maximum atomic E-state index is 8.92. The second-order valence-corrected chi connectivity index (χ2v) is 4.68. The van der Waals surface area contributed by atoms with Crippen LogP contribution in [-0.2, 0) is 4.74 Å². The Morgan fingerprint density at radius 1 is 1.22 bits per heavy atom. The summed E-state index contributed by atoms with van der Waals surface area (Å²) in [5.41, 5.74) is 3.93. The minimum atomic E-state index is 0.536. The number of nitrogens with zero attached hydrogens (tertiary/aromatic N) is 1. The Balaban J connectivity index is 1.86. The van der Waals surface area contributed by atoms with Crippen LogP contribution in [0.2, 0.25) is 0 Å². The van der Waals surface area contributed by atoms with Crippen molar-refractivity contribution in [2.24, 2.45) is 0 Å². The molecule has 0 aromatic heterocycles. The second kappa shape index (κ2) is 5.04. The third kappa shape index (κ3) is 2.11. The lowest BCUT2D eigenvalue weighted by Gasteiger charge is -2.39. The summed E-state index contributed by atoms with van der Waals surface area (Å²) in [6, 6.07) is 6.23. The van der Waals surface area contributed by atoms with Gasteiger partial charge in [-0.25, -0.2) is 0 Å². The lowest BCUT2D eigenvalue weighted by atomic mass is 10.0. The molecule has 3 rings (SSSR count). The summed E-state index contributed by atoms with van der Waals surface area (Å²) in [6.07, 6.45) is 2.14. The van der Waals surface area contributed by atoms with E-state index in [1.807, 2.05) is 18.2 Å². The summed E-state index contributed by atoms with van der Waals surface area (Å²) in [5, 5.41) is 8.92. The lowest BCUT2D eigenvalue weighted by molar-refractivity contribution is 0.0828. The normalized spacial score (nSPS) is 20.2. The summed E-state index contributed by atoms with van der Waals surface area (Å²) in [7, 11) is 0. The van der Waals surface area contributed by atoms with Gasteiger partial charge in [-0.2, -0.15) is 0 Å². The predicted molar refractivity (Wildman–Crippen MR) is 68.5 cm³/mol. The number of benzene rings is 1. The molecule has 0 bridgehead atoms. The molecule has 0 saturated carbocycles. The van der Waals surface area contributed by atoms with Crippen LogP contribution in [0.5, 0.6) is 5.75 Å². The van der Waals surface area contributed by atoms with Crippen molar-refractivity contribution in [1.29, 1.82) is 0 Å². The zero-order valence-corrected chi connectivity index (χ0v) is 10.3. The Bertz CT molecular complexity index is 419. The van der Waals surface area contributed by atoms with E-state index in [0.717, 1.165) is 44.0 Å². The van der Waals surface area contributed by atoms with Crippen LogP contribution < -0.4 is 15.1 Å². The molecule has 1 saturated heterocycles. The molecule has 5 heteroatoms. The van der Waals surface area contributed by atoms with Crippen LogP contribution in [-0.4, -0.2) is 37.6 Å². The molecule has 98 valence electrons. The largest absolute Gasteiger partial charge is 0.489 e. The van der Waals surface area contributed by atoms with Crippen molar-refractivity contribution in [3.63, 3.8) is 0 Å². The first-order valence-corrected chi connectivity index (χ1v) is 6.40. The van der Waals surface area contributed by atoms with Crippen LogP contribution in [0, 0.1) is 0 Å². The number of hydrogen-bond donors (Lipinski definition) is 2. The summed E-state index contributed by atoms with van der Waals surface area (Å²) in [4.78, 5) is 2.41. The average Bonchev–Trinajstić information content (AvgIpc) is 2.47. The smallest absolute Gasteiger partial charge is 0.144 e. The van der Waals surface area contributed by atoms with Gasteiger partial charge < -0.3 is 14.4 Å². The number of anilines is 2. The van der Waals surface area contributed by atoms with E-state index in [-0.39, 0.29) is 0 Å². The van der Waals surface area contributed by atoms with Gasteiger partial charge in [-0.1, -0.05) is 0 Å². The zero-order chi connectivity index (χ0) is 12.4. The maximum absolute atomic E-state index is 8.92. The summed E-state index contributed by atoms with van der Waals surface area (Å²) < 4.78 is 11.1. The standard InChI is InChI=1S/C13H18N2O3/c16-14-10-1-2-12-13(9-10)18-8-5-15(12)11-3-6-17-7-4-11/h1-2,9,11,14,16H,3-8H2. The molecule has 0 amide bonds. The van der Waals surface area contributed by atoms with Gasteiger partial charge in [0.25, 0.3) is 0 Å². The minimum absolute atomic E-state index is 0.536. The highest BCUT2D eigenvalue weighted by Gasteiger charge is 2.26. The monoisotopic (exact) mass is 250 g/mol. The lowest BCUT2D eigenvalue weighted by Crippen LogP contribution is -2.44. The number of nitrogens with one attached hydrogen (secondary N) is 1. The van der Waals surface area contributed by atoms with E-state index in [1.165, 1.54) is 0 Å². The van der Waals surface area contributed by atoms with Crippen LogP contribution in [0.25, 0.3) is 0 Å². The topological polar surface area (TPSA) is 54.0 Å². The Morgan fingerprint density at radius 3 is 2.83 bits per heavy atom. The molecule has 18 heavy (non-hydrogen) atoms. The highest BCUT2D eigenvalue weighted by Crippen LogP contribution is 2.36. The Hall–Kier alpha value is -1.46. The van der Waals surface area contributed by atoms with E-state index in [4.69, 9.17) is 14.7 Å². The number of ether oxygens (including phenoxy) is 2. The molecule has 1 aromatic carbocycles. The molecule has 2 heterocycles. The molecule has 2 aliphatic heterocycles. The van der Waals surface area contributed by atoms with E-state index < -0.39 is 0 Å². The molecule has 0 unspecified atom stereocenters. The molecule has 2 aliphatic rings. The first-order chi connectivity index (χ1) is 8.88. The Morgan fingerprint density at radius 2 is 2.06 bits per heavy atom. The van der Waals surface area contributed by atoms with E-state index >= 15 is 0 Å². The van der Waals surface area contributed by atoms with Crippen LogP contribution in [0.4, 0.5) is 11.4 Å². The van der Waals surface area contributed by atoms with Gasteiger partial charge in [0.15, 0.2) is 0 Å². The van der Waals surface area contributed by atoms with Crippen LogP contribution >= 0.6 is 0 Å². The highest BCUT2D eigenvalue weighted by atomic mass is 16.5. The third-order valence-corrected chi connectivity index (χ3v) is 3.62. The van der Waals surface area contributed by atoms with Gasteiger partial charge in [-0.3, -0.25) is 10.7 Å². The molecular weight excluding hydrogens is 232 g/mol. The molecule has 2 N–H and O–H groups in total. The van der Waals surface area contributed by atoms with Gasteiger partial charge in [0, 0.05) is 25.3 Å². The fraction of sp³-hybridized carbons (Fsp3) is 0.538. The molecule has 5 nitrogen and oxygen atoms in total. The van der Waals surface area contributed by atoms with Gasteiger partial charge in [-0.05, 0) is 25.0 Å². The quantitative estimate of drug-likeness (QED) is 0.785. The maximum Gasteiger partial charge on any atom is 0.144 e. The van der Waals surface area contributed by atoms with Gasteiger partial charge in [-0.15, -0.1) is 0 Å². The Kier molecular flexibility index (Phi) is 3.25. The number of rotatable bonds is 2. The van der Waals surface area contributed by atoms with Crippen molar-refractivity contribution in [3.05, 3.63) is 18.2 Å². The van der Waals surface area contributed by atoms with Gasteiger partial charge in [0.05, 0.1) is 17.9 Å². The van der Waals surface area contributed by atoms with E-state index in [9.17, 15) is 0 Å². The fourth-order valence-electron chi connectivity index (χ4n) is 2.69. The van der Waals surface area contributed by atoms with Crippen LogP contribution in [0.1, 0.15) is 12.8 Å². The van der Waals surface area contributed by atoms with Gasteiger partial charge in [0.2, 0.25) is 0 Å². The van der Waals surface area contributed by atoms with Crippen LogP contribution in [0.15, 0.2) is 18.2 Å². The van der Waals surface area contributed by atoms with Gasteiger partial charge in [0.1, 0.15) is 12.4 Å². The fourth-order valence-corrected chi connectivity index (χ4v) is 2.69. The highest BCUT2D eigenvalue weighted by molar-refractivity contribution is 5.66. The first kappa shape index (κ1) is 11.6. The molecule has 0 aliphatic carbocycles. The third-order valence-electron chi connectivity index (χ3n) is 3.62. The van der Waals surface area contributed by atoms with E-state index in [2.05, 4.69) is 10.4 Å². The van der Waals surface area contributed by atoms with Crippen molar-refractivity contribution >= 4 is 11.4 Å². The van der Waals surface area contributed by atoms with Gasteiger partial charge >= 0.3 is 0 Å². The summed E-state index contributed by atoms with van der Waals surface area (Å²) >= 11 is 0. The first-order valence-electron chi connectivity index (χ1n) is 6.40. The molecule has 0 spiro atoms. The molecule has 0 atom stereocenters. The van der Waals surface area contributed by atoms with E-state index in [0.29, 0.717) is 18.3 Å². The Labute approximate surface area is 106 Å². The minimum Gasteiger partial charge on any atom is -0.489 e. The molecule has 0 radical (unpaired) electrons. The summed E-state index contributed by atoms with van der Waals surface area (Å²) in [5.74, 6) is 0.840. The molecule has 1 aromatic rings. The number of hydrogen-bond acceptors (Lipinski definition) is 5. The predicted octanol–water partition coefficient (Wildman–Crippen LogP) is 1.87. The average molecular weight is 250 g/mol. The van der Waals surface area contributed by atoms with E-state index in [1.54, 1.807) is 0 Å². The van der Waals surface area contributed by atoms with Crippen molar-refractivity contribution in [3.8, 4) is 5.75 Å². The SMILES string of the molecule is ONc1ccc2c(c1)OCCN2C1CCOCC1. The van der Waals surface area contributed by atoms with Crippen molar-refractivity contribution in [1.82, 2.24) is 0 Å². The molecular formula is C13H18N2O3.